The molecule has 3 aromatic carbocycles. The third-order valence-corrected chi connectivity index (χ3v) is 8.28. The minimum Gasteiger partial charge on any atom is -0.350 e. The van der Waals surface area contributed by atoms with Crippen molar-refractivity contribution >= 4 is 40.5 Å². The van der Waals surface area contributed by atoms with E-state index in [0.717, 1.165) is 11.1 Å². The molecule has 1 aromatic heterocycles. The van der Waals surface area contributed by atoms with Crippen molar-refractivity contribution < 1.29 is 18.8 Å². The number of thiophene rings is 1. The summed E-state index contributed by atoms with van der Waals surface area (Å²) >= 11 is 7.53. The van der Waals surface area contributed by atoms with E-state index in [-0.39, 0.29) is 24.1 Å². The van der Waals surface area contributed by atoms with Crippen LogP contribution in [0.25, 0.3) is 0 Å². The second-order valence-electron chi connectivity index (χ2n) is 9.52. The predicted octanol–water partition coefficient (Wildman–Crippen LogP) is 6.41. The van der Waals surface area contributed by atoms with Gasteiger partial charge in [-0.2, -0.15) is 0 Å². The first-order chi connectivity index (χ1) is 18.8. The summed E-state index contributed by atoms with van der Waals surface area (Å²) in [6.45, 7) is 1.57. The van der Waals surface area contributed by atoms with E-state index in [1.165, 1.54) is 30.4 Å². The van der Waals surface area contributed by atoms with Gasteiger partial charge in [-0.15, -0.1) is 11.3 Å². The number of amides is 2. The zero-order chi connectivity index (χ0) is 27.5. The Labute approximate surface area is 235 Å². The van der Waals surface area contributed by atoms with Gasteiger partial charge >= 0.3 is 0 Å². The number of nitrogens with zero attached hydrogens (tertiary/aromatic N) is 1. The highest BCUT2D eigenvalue weighted by Crippen LogP contribution is 2.51. The lowest BCUT2D eigenvalue weighted by Crippen LogP contribution is -2.47. The van der Waals surface area contributed by atoms with Crippen LogP contribution in [0.5, 0.6) is 0 Å². The van der Waals surface area contributed by atoms with E-state index in [1.54, 1.807) is 35.2 Å². The molecule has 5 nitrogen and oxygen atoms in total. The summed E-state index contributed by atoms with van der Waals surface area (Å²) in [6, 6.07) is 24.2. The second-order valence-corrected chi connectivity index (χ2v) is 10.9. The predicted molar refractivity (Wildman–Crippen MR) is 150 cm³/mol. The Morgan fingerprint density at radius 1 is 0.897 bits per heavy atom. The van der Waals surface area contributed by atoms with Crippen molar-refractivity contribution in [3.63, 3.8) is 0 Å². The lowest BCUT2D eigenvalue weighted by atomic mass is 9.77. The number of Topliss-reactive ketones (excluding diaryl/α,β-unsaturated/α-hetero) is 1. The highest BCUT2D eigenvalue weighted by atomic mass is 35.5. The Morgan fingerprint density at radius 2 is 1.59 bits per heavy atom. The summed E-state index contributed by atoms with van der Waals surface area (Å²) in [5.41, 5.74) is 2.22. The molecule has 1 fully saturated rings. The fraction of sp³-hybridized carbons (Fsp3) is 0.194. The van der Waals surface area contributed by atoms with Gasteiger partial charge in [-0.3, -0.25) is 14.4 Å². The van der Waals surface area contributed by atoms with Gasteiger partial charge < -0.3 is 10.2 Å². The van der Waals surface area contributed by atoms with Crippen LogP contribution in [-0.2, 0) is 16.1 Å². The summed E-state index contributed by atoms with van der Waals surface area (Å²) < 4.78 is 13.4. The van der Waals surface area contributed by atoms with Crippen molar-refractivity contribution in [2.24, 2.45) is 5.92 Å². The Balaban J connectivity index is 1.63. The van der Waals surface area contributed by atoms with Gasteiger partial charge in [0, 0.05) is 24.4 Å². The molecule has 198 valence electrons. The topological polar surface area (TPSA) is 66.5 Å². The Hall–Kier alpha value is -3.81. The number of likely N-dealkylation sites (tertiary alicyclic amines) is 1. The molecule has 4 atom stereocenters. The van der Waals surface area contributed by atoms with Crippen LogP contribution in [0.15, 0.2) is 96.4 Å². The quantitative estimate of drug-likeness (QED) is 0.266. The zero-order valence-electron chi connectivity index (χ0n) is 21.1. The van der Waals surface area contributed by atoms with Gasteiger partial charge in [-0.05, 0) is 52.4 Å². The Morgan fingerprint density at radius 3 is 2.21 bits per heavy atom. The minimum absolute atomic E-state index is 0.126. The van der Waals surface area contributed by atoms with Crippen LogP contribution >= 0.6 is 22.9 Å². The lowest BCUT2D eigenvalue weighted by Gasteiger charge is -2.30. The molecule has 1 N–H and O–H groups in total. The number of ketones is 1. The molecule has 39 heavy (non-hydrogen) atoms. The van der Waals surface area contributed by atoms with Crippen LogP contribution in [0, 0.1) is 11.7 Å². The van der Waals surface area contributed by atoms with E-state index in [0.29, 0.717) is 15.5 Å². The van der Waals surface area contributed by atoms with Crippen molar-refractivity contribution in [1.29, 1.82) is 0 Å². The Bertz CT molecular complexity index is 1460. The summed E-state index contributed by atoms with van der Waals surface area (Å²) in [6.07, 6.45) is 0. The number of hydrogen-bond acceptors (Lipinski definition) is 4. The molecular formula is C31H26ClFN2O3S. The van der Waals surface area contributed by atoms with Crippen molar-refractivity contribution in [3.05, 3.63) is 129 Å². The SMILES string of the molecule is CC(=O)N1C(C(=O)NCc2ccc(F)cc2)C(c2ccc(Cl)cc2)C(C(=O)c2cccs2)C1c1ccccc1. The lowest BCUT2D eigenvalue weighted by molar-refractivity contribution is -0.139. The molecule has 0 spiro atoms. The molecule has 0 aliphatic carbocycles. The average Bonchev–Trinajstić information content (AvgIpc) is 3.60. The molecule has 1 aliphatic heterocycles. The van der Waals surface area contributed by atoms with E-state index in [4.69, 9.17) is 11.6 Å². The van der Waals surface area contributed by atoms with Gasteiger partial charge in [0.1, 0.15) is 11.9 Å². The van der Waals surface area contributed by atoms with Crippen LogP contribution in [0.3, 0.4) is 0 Å². The molecule has 1 aliphatic rings. The number of nitrogens with one attached hydrogen (secondary N) is 1. The summed E-state index contributed by atoms with van der Waals surface area (Å²) in [7, 11) is 0. The van der Waals surface area contributed by atoms with E-state index in [2.05, 4.69) is 5.32 Å². The van der Waals surface area contributed by atoms with Crippen LogP contribution < -0.4 is 5.32 Å². The fourth-order valence-corrected chi connectivity index (χ4v) is 6.31. The second kappa shape index (κ2) is 11.5. The first kappa shape index (κ1) is 26.8. The number of halogens is 2. The molecule has 4 aromatic rings. The third kappa shape index (κ3) is 5.51. The molecule has 2 heterocycles. The maximum atomic E-state index is 14.2. The summed E-state index contributed by atoms with van der Waals surface area (Å²) in [5, 5.41) is 5.30. The van der Waals surface area contributed by atoms with Gasteiger partial charge in [0.05, 0.1) is 16.8 Å². The monoisotopic (exact) mass is 560 g/mol. The molecule has 1 saturated heterocycles. The minimum atomic E-state index is -0.969. The Kier molecular flexibility index (Phi) is 7.91. The molecule has 0 radical (unpaired) electrons. The van der Waals surface area contributed by atoms with Gasteiger partial charge in [-0.1, -0.05) is 72.3 Å². The van der Waals surface area contributed by atoms with Crippen LogP contribution in [0.2, 0.25) is 5.02 Å². The van der Waals surface area contributed by atoms with Crippen molar-refractivity contribution in [1.82, 2.24) is 10.2 Å². The largest absolute Gasteiger partial charge is 0.350 e. The zero-order valence-corrected chi connectivity index (χ0v) is 22.7. The molecule has 8 heteroatoms. The molecule has 4 unspecified atom stereocenters. The molecule has 0 saturated carbocycles. The normalized spacial score (nSPS) is 20.5. The van der Waals surface area contributed by atoms with E-state index >= 15 is 0 Å². The third-order valence-electron chi connectivity index (χ3n) is 7.14. The van der Waals surface area contributed by atoms with Gasteiger partial charge in [0.2, 0.25) is 11.8 Å². The first-order valence-corrected chi connectivity index (χ1v) is 13.8. The van der Waals surface area contributed by atoms with Gasteiger partial charge in [-0.25, -0.2) is 4.39 Å². The molecular weight excluding hydrogens is 535 g/mol. The van der Waals surface area contributed by atoms with Crippen molar-refractivity contribution in [2.45, 2.75) is 31.5 Å². The van der Waals surface area contributed by atoms with E-state index in [1.807, 2.05) is 53.9 Å². The average molecular weight is 561 g/mol. The van der Waals surface area contributed by atoms with Crippen molar-refractivity contribution in [2.75, 3.05) is 0 Å². The smallest absolute Gasteiger partial charge is 0.243 e. The molecule has 2 amide bonds. The highest BCUT2D eigenvalue weighted by Gasteiger charge is 2.56. The van der Waals surface area contributed by atoms with Gasteiger partial charge in [0.15, 0.2) is 5.78 Å². The van der Waals surface area contributed by atoms with Crippen LogP contribution in [0.1, 0.15) is 45.2 Å². The summed E-state index contributed by atoms with van der Waals surface area (Å²) in [5.74, 6) is -2.56. The van der Waals surface area contributed by atoms with Gasteiger partial charge in [0.25, 0.3) is 0 Å². The number of hydrogen-bond donors (Lipinski definition) is 1. The molecule has 5 rings (SSSR count). The van der Waals surface area contributed by atoms with E-state index in [9.17, 15) is 18.8 Å². The maximum absolute atomic E-state index is 14.2. The first-order valence-electron chi connectivity index (χ1n) is 12.5. The van der Waals surface area contributed by atoms with E-state index < -0.39 is 29.8 Å². The highest BCUT2D eigenvalue weighted by molar-refractivity contribution is 7.12. The number of carbonyl (C=O) groups is 3. The maximum Gasteiger partial charge on any atom is 0.243 e. The number of rotatable bonds is 7. The standard InChI is InChI=1S/C31H26ClFN2O3S/c1-19(36)35-28(22-6-3-2-4-7-22)27(30(37)25-8-5-17-39-25)26(21-11-13-23(32)14-12-21)29(35)31(38)34-18-20-9-15-24(33)16-10-20/h2-17,26-29H,18H2,1H3,(H,34,38). The van der Waals surface area contributed by atoms with Crippen molar-refractivity contribution in [3.8, 4) is 0 Å². The fourth-order valence-electron chi connectivity index (χ4n) is 5.47. The number of benzene rings is 3. The molecule has 0 bridgehead atoms. The van der Waals surface area contributed by atoms with Crippen LogP contribution in [0.4, 0.5) is 4.39 Å². The number of carbonyl (C=O) groups excluding carboxylic acids is 3. The van der Waals surface area contributed by atoms with Crippen LogP contribution in [-0.4, -0.2) is 28.5 Å². The summed E-state index contributed by atoms with van der Waals surface area (Å²) in [4.78, 5) is 43.6.